The minimum atomic E-state index is 0.755. The summed E-state index contributed by atoms with van der Waals surface area (Å²) in [6.07, 6.45) is 5.47. The SMILES string of the molecule is CCc1cc(NCCc2cccnc2)nc(-c2ccc(Br)cc2)n1. The highest BCUT2D eigenvalue weighted by atomic mass is 79.9. The summed E-state index contributed by atoms with van der Waals surface area (Å²) in [7, 11) is 0. The van der Waals surface area contributed by atoms with Gasteiger partial charge in [-0.1, -0.05) is 41.1 Å². The zero-order chi connectivity index (χ0) is 16.8. The summed E-state index contributed by atoms with van der Waals surface area (Å²) in [6, 6.07) is 14.1. The molecule has 0 unspecified atom stereocenters. The molecule has 1 N–H and O–H groups in total. The molecule has 0 aliphatic carbocycles. The van der Waals surface area contributed by atoms with E-state index in [-0.39, 0.29) is 0 Å². The maximum absolute atomic E-state index is 4.66. The van der Waals surface area contributed by atoms with E-state index in [2.05, 4.69) is 49.2 Å². The fourth-order valence-corrected chi connectivity index (χ4v) is 2.64. The van der Waals surface area contributed by atoms with E-state index in [9.17, 15) is 0 Å². The lowest BCUT2D eigenvalue weighted by atomic mass is 10.2. The van der Waals surface area contributed by atoms with Crippen molar-refractivity contribution < 1.29 is 0 Å². The third-order valence-electron chi connectivity index (χ3n) is 3.69. The minimum absolute atomic E-state index is 0.755. The molecule has 1 aromatic carbocycles. The van der Waals surface area contributed by atoms with E-state index in [0.717, 1.165) is 46.8 Å². The summed E-state index contributed by atoms with van der Waals surface area (Å²) >= 11 is 3.46. The topological polar surface area (TPSA) is 50.7 Å². The zero-order valence-electron chi connectivity index (χ0n) is 13.5. The van der Waals surface area contributed by atoms with Crippen LogP contribution in [0.2, 0.25) is 0 Å². The molecule has 3 rings (SSSR count). The molecular weight excluding hydrogens is 364 g/mol. The molecule has 4 nitrogen and oxygen atoms in total. The van der Waals surface area contributed by atoms with Gasteiger partial charge in [0.25, 0.3) is 0 Å². The maximum Gasteiger partial charge on any atom is 0.161 e. The van der Waals surface area contributed by atoms with Crippen molar-refractivity contribution in [3.05, 3.63) is 70.6 Å². The van der Waals surface area contributed by atoms with Crippen LogP contribution < -0.4 is 5.32 Å². The number of aryl methyl sites for hydroxylation is 1. The molecule has 0 fully saturated rings. The number of rotatable bonds is 6. The van der Waals surface area contributed by atoms with Crippen LogP contribution in [0, 0.1) is 0 Å². The van der Waals surface area contributed by atoms with Crippen molar-refractivity contribution in [3.63, 3.8) is 0 Å². The highest BCUT2D eigenvalue weighted by Crippen LogP contribution is 2.21. The number of hydrogen-bond acceptors (Lipinski definition) is 4. The summed E-state index contributed by atoms with van der Waals surface area (Å²) in [4.78, 5) is 13.4. The molecule has 0 bridgehead atoms. The molecule has 24 heavy (non-hydrogen) atoms. The standard InChI is InChI=1S/C19H19BrN4/c1-2-17-12-18(22-11-9-14-4-3-10-21-13-14)24-19(23-17)15-5-7-16(20)8-6-15/h3-8,10,12-13H,2,9,11H2,1H3,(H,22,23,24). The molecule has 122 valence electrons. The first-order valence-corrected chi connectivity index (χ1v) is 8.80. The summed E-state index contributed by atoms with van der Waals surface area (Å²) < 4.78 is 1.05. The van der Waals surface area contributed by atoms with Gasteiger partial charge in [0, 0.05) is 40.7 Å². The molecule has 0 saturated heterocycles. The normalized spacial score (nSPS) is 10.6. The Balaban J connectivity index is 1.75. The Morgan fingerprint density at radius 1 is 1.08 bits per heavy atom. The molecule has 0 radical (unpaired) electrons. The van der Waals surface area contributed by atoms with Gasteiger partial charge in [-0.25, -0.2) is 9.97 Å². The van der Waals surface area contributed by atoms with Crippen molar-refractivity contribution in [2.75, 3.05) is 11.9 Å². The van der Waals surface area contributed by atoms with Gasteiger partial charge in [-0.05, 0) is 36.6 Å². The summed E-state index contributed by atoms with van der Waals surface area (Å²) in [6.45, 7) is 2.92. The lowest BCUT2D eigenvalue weighted by Gasteiger charge is -2.10. The van der Waals surface area contributed by atoms with Gasteiger partial charge in [-0.15, -0.1) is 0 Å². The quantitative estimate of drug-likeness (QED) is 0.680. The van der Waals surface area contributed by atoms with Crippen LogP contribution in [0.25, 0.3) is 11.4 Å². The average molecular weight is 383 g/mol. The van der Waals surface area contributed by atoms with Crippen LogP contribution in [-0.2, 0) is 12.8 Å². The van der Waals surface area contributed by atoms with E-state index < -0.39 is 0 Å². The van der Waals surface area contributed by atoms with Gasteiger partial charge in [0.2, 0.25) is 0 Å². The number of halogens is 1. The molecule has 5 heteroatoms. The van der Waals surface area contributed by atoms with Crippen LogP contribution in [0.1, 0.15) is 18.2 Å². The second kappa shape index (κ2) is 8.02. The first-order chi connectivity index (χ1) is 11.7. The molecular formula is C19H19BrN4. The van der Waals surface area contributed by atoms with Gasteiger partial charge in [0.1, 0.15) is 5.82 Å². The van der Waals surface area contributed by atoms with E-state index in [1.807, 2.05) is 42.6 Å². The fourth-order valence-electron chi connectivity index (χ4n) is 2.38. The lowest BCUT2D eigenvalue weighted by Crippen LogP contribution is -2.08. The Bertz CT molecular complexity index is 788. The van der Waals surface area contributed by atoms with Crippen molar-refractivity contribution >= 4 is 21.7 Å². The van der Waals surface area contributed by atoms with Crippen LogP contribution in [0.5, 0.6) is 0 Å². The fraction of sp³-hybridized carbons (Fsp3) is 0.211. The Labute approximate surface area is 150 Å². The smallest absolute Gasteiger partial charge is 0.161 e. The van der Waals surface area contributed by atoms with Crippen molar-refractivity contribution in [1.82, 2.24) is 15.0 Å². The van der Waals surface area contributed by atoms with Crippen LogP contribution in [0.15, 0.2) is 59.3 Å². The number of pyridine rings is 1. The predicted octanol–water partition coefficient (Wildman–Crippen LogP) is 4.52. The van der Waals surface area contributed by atoms with E-state index in [1.165, 1.54) is 5.56 Å². The molecule has 0 atom stereocenters. The maximum atomic E-state index is 4.66. The Hall–Kier alpha value is -2.27. The Kier molecular flexibility index (Phi) is 5.54. The van der Waals surface area contributed by atoms with E-state index in [1.54, 1.807) is 6.20 Å². The van der Waals surface area contributed by atoms with Crippen LogP contribution in [0.3, 0.4) is 0 Å². The third kappa shape index (κ3) is 4.38. The molecule has 3 aromatic rings. The van der Waals surface area contributed by atoms with Gasteiger partial charge in [0.15, 0.2) is 5.82 Å². The molecule has 0 saturated carbocycles. The van der Waals surface area contributed by atoms with Crippen molar-refractivity contribution in [2.45, 2.75) is 19.8 Å². The Morgan fingerprint density at radius 2 is 1.92 bits per heavy atom. The average Bonchev–Trinajstić information content (AvgIpc) is 2.63. The molecule has 2 aromatic heterocycles. The lowest BCUT2D eigenvalue weighted by molar-refractivity contribution is 0.967. The summed E-state index contributed by atoms with van der Waals surface area (Å²) in [5, 5.41) is 3.40. The number of hydrogen-bond donors (Lipinski definition) is 1. The molecule has 0 spiro atoms. The minimum Gasteiger partial charge on any atom is -0.370 e. The van der Waals surface area contributed by atoms with Crippen LogP contribution in [-0.4, -0.2) is 21.5 Å². The summed E-state index contributed by atoms with van der Waals surface area (Å²) in [5.41, 5.74) is 3.26. The number of benzene rings is 1. The van der Waals surface area contributed by atoms with Gasteiger partial charge in [-0.2, -0.15) is 0 Å². The number of nitrogens with one attached hydrogen (secondary N) is 1. The molecule has 0 aliphatic heterocycles. The number of anilines is 1. The van der Waals surface area contributed by atoms with Crippen molar-refractivity contribution in [3.8, 4) is 11.4 Å². The molecule has 0 aliphatic rings. The predicted molar refractivity (Wildman–Crippen MR) is 101 cm³/mol. The second-order valence-electron chi connectivity index (χ2n) is 5.47. The molecule has 2 heterocycles. The van der Waals surface area contributed by atoms with Gasteiger partial charge < -0.3 is 5.32 Å². The highest BCUT2D eigenvalue weighted by Gasteiger charge is 2.06. The van der Waals surface area contributed by atoms with E-state index >= 15 is 0 Å². The highest BCUT2D eigenvalue weighted by molar-refractivity contribution is 9.10. The first kappa shape index (κ1) is 16.6. The van der Waals surface area contributed by atoms with Crippen molar-refractivity contribution in [1.29, 1.82) is 0 Å². The first-order valence-electron chi connectivity index (χ1n) is 8.01. The van der Waals surface area contributed by atoms with Crippen LogP contribution >= 0.6 is 15.9 Å². The number of nitrogens with zero attached hydrogens (tertiary/aromatic N) is 3. The van der Waals surface area contributed by atoms with Crippen molar-refractivity contribution in [2.24, 2.45) is 0 Å². The largest absolute Gasteiger partial charge is 0.370 e. The van der Waals surface area contributed by atoms with E-state index in [4.69, 9.17) is 0 Å². The Morgan fingerprint density at radius 3 is 2.62 bits per heavy atom. The van der Waals surface area contributed by atoms with Gasteiger partial charge in [0.05, 0.1) is 0 Å². The monoisotopic (exact) mass is 382 g/mol. The summed E-state index contributed by atoms with van der Waals surface area (Å²) in [5.74, 6) is 1.62. The number of aromatic nitrogens is 3. The molecule has 0 amide bonds. The van der Waals surface area contributed by atoms with Crippen LogP contribution in [0.4, 0.5) is 5.82 Å². The van der Waals surface area contributed by atoms with Gasteiger partial charge >= 0.3 is 0 Å². The van der Waals surface area contributed by atoms with E-state index in [0.29, 0.717) is 0 Å². The third-order valence-corrected chi connectivity index (χ3v) is 4.22. The second-order valence-corrected chi connectivity index (χ2v) is 6.38. The zero-order valence-corrected chi connectivity index (χ0v) is 15.1. The van der Waals surface area contributed by atoms with Gasteiger partial charge in [-0.3, -0.25) is 4.98 Å².